The highest BCUT2D eigenvalue weighted by Gasteiger charge is 2.14. The number of amides is 1. The van der Waals surface area contributed by atoms with Crippen molar-refractivity contribution in [3.05, 3.63) is 89.6 Å². The highest BCUT2D eigenvalue weighted by molar-refractivity contribution is 5.92. The molecule has 1 aromatic heterocycles. The number of hydrogen-bond acceptors (Lipinski definition) is 4. The molecule has 0 spiro atoms. The van der Waals surface area contributed by atoms with Gasteiger partial charge in [0.2, 0.25) is 0 Å². The highest BCUT2D eigenvalue weighted by Crippen LogP contribution is 2.12. The summed E-state index contributed by atoms with van der Waals surface area (Å²) >= 11 is 0. The second-order valence-electron chi connectivity index (χ2n) is 5.88. The van der Waals surface area contributed by atoms with Gasteiger partial charge in [0.15, 0.2) is 0 Å². The molecule has 0 aliphatic heterocycles. The number of anilines is 1. The molecule has 0 unspecified atom stereocenters. The second kappa shape index (κ2) is 8.20. The Morgan fingerprint density at radius 3 is 2.58 bits per heavy atom. The molecule has 0 fully saturated rings. The lowest BCUT2D eigenvalue weighted by Crippen LogP contribution is -2.27. The fourth-order valence-electron chi connectivity index (χ4n) is 2.52. The Morgan fingerprint density at radius 1 is 1.08 bits per heavy atom. The lowest BCUT2D eigenvalue weighted by Gasteiger charge is -2.17. The number of carbonyl (C=O) groups is 1. The van der Waals surface area contributed by atoms with Crippen molar-refractivity contribution < 1.29 is 9.18 Å². The van der Waals surface area contributed by atoms with E-state index in [-0.39, 0.29) is 24.0 Å². The maximum absolute atomic E-state index is 13.7. The first-order chi connectivity index (χ1) is 12.6. The predicted molar refractivity (Wildman–Crippen MR) is 98.0 cm³/mol. The summed E-state index contributed by atoms with van der Waals surface area (Å²) in [6, 6.07) is 17.8. The van der Waals surface area contributed by atoms with Gasteiger partial charge in [0.1, 0.15) is 23.7 Å². The Balaban J connectivity index is 1.66. The number of carbonyl (C=O) groups excluding carboxylic acids is 1. The van der Waals surface area contributed by atoms with Gasteiger partial charge in [-0.1, -0.05) is 48.5 Å². The van der Waals surface area contributed by atoms with Crippen LogP contribution in [-0.2, 0) is 13.1 Å². The van der Waals surface area contributed by atoms with Crippen molar-refractivity contribution >= 4 is 11.7 Å². The number of nitrogens with one attached hydrogen (secondary N) is 1. The minimum absolute atomic E-state index is 0.204. The van der Waals surface area contributed by atoms with Crippen molar-refractivity contribution in [2.75, 3.05) is 12.4 Å². The molecule has 0 aliphatic carbocycles. The molecule has 0 saturated carbocycles. The van der Waals surface area contributed by atoms with Crippen LogP contribution in [0.15, 0.2) is 67.0 Å². The quantitative estimate of drug-likeness (QED) is 0.739. The van der Waals surface area contributed by atoms with E-state index in [4.69, 9.17) is 0 Å². The van der Waals surface area contributed by atoms with Crippen LogP contribution in [0.5, 0.6) is 0 Å². The van der Waals surface area contributed by atoms with Gasteiger partial charge >= 0.3 is 0 Å². The molecule has 3 aromatic rings. The smallest absolute Gasteiger partial charge is 0.272 e. The minimum atomic E-state index is -0.284. The van der Waals surface area contributed by atoms with Crippen molar-refractivity contribution in [1.82, 2.24) is 14.9 Å². The Morgan fingerprint density at radius 2 is 1.81 bits per heavy atom. The van der Waals surface area contributed by atoms with Gasteiger partial charge in [-0.25, -0.2) is 14.4 Å². The Bertz CT molecular complexity index is 886. The molecule has 0 aliphatic rings. The third kappa shape index (κ3) is 4.42. The molecular formula is C20H19FN4O. The SMILES string of the molecule is CN(Cc1ccccc1)C(=O)c1cc(NCc2ccccc2F)ncn1. The van der Waals surface area contributed by atoms with Gasteiger partial charge in [-0.2, -0.15) is 0 Å². The molecule has 0 saturated heterocycles. The number of rotatable bonds is 6. The summed E-state index contributed by atoms with van der Waals surface area (Å²) in [5.74, 6) is -0.0159. The zero-order valence-corrected chi connectivity index (χ0v) is 14.4. The summed E-state index contributed by atoms with van der Waals surface area (Å²) in [7, 11) is 1.73. The fourth-order valence-corrected chi connectivity index (χ4v) is 2.52. The summed E-state index contributed by atoms with van der Waals surface area (Å²) in [6.45, 7) is 0.763. The van der Waals surface area contributed by atoms with Crippen LogP contribution >= 0.6 is 0 Å². The van der Waals surface area contributed by atoms with E-state index in [9.17, 15) is 9.18 Å². The van der Waals surface area contributed by atoms with Crippen molar-refractivity contribution in [2.45, 2.75) is 13.1 Å². The topological polar surface area (TPSA) is 58.1 Å². The molecule has 2 aromatic carbocycles. The van der Waals surface area contributed by atoms with Gasteiger partial charge in [-0.05, 0) is 11.6 Å². The average Bonchev–Trinajstić information content (AvgIpc) is 2.68. The number of hydrogen-bond donors (Lipinski definition) is 1. The van der Waals surface area contributed by atoms with E-state index in [0.717, 1.165) is 5.56 Å². The van der Waals surface area contributed by atoms with Crippen molar-refractivity contribution in [3.8, 4) is 0 Å². The number of aromatic nitrogens is 2. The lowest BCUT2D eigenvalue weighted by atomic mass is 10.2. The standard InChI is InChI=1S/C20H19FN4O/c1-25(13-15-7-3-2-4-8-15)20(26)18-11-19(24-14-23-18)22-12-16-9-5-6-10-17(16)21/h2-11,14H,12-13H2,1H3,(H,22,23,24). The summed E-state index contributed by atoms with van der Waals surface area (Å²) in [5.41, 5.74) is 1.85. The molecule has 1 heterocycles. The van der Waals surface area contributed by atoms with E-state index in [2.05, 4.69) is 15.3 Å². The first kappa shape index (κ1) is 17.5. The number of benzene rings is 2. The van der Waals surface area contributed by atoms with Crippen molar-refractivity contribution in [2.24, 2.45) is 0 Å². The molecule has 0 atom stereocenters. The molecular weight excluding hydrogens is 331 g/mol. The van der Waals surface area contributed by atoms with Gasteiger partial charge in [0.25, 0.3) is 5.91 Å². The maximum Gasteiger partial charge on any atom is 0.272 e. The van der Waals surface area contributed by atoms with Crippen LogP contribution in [0, 0.1) is 5.82 Å². The van der Waals surface area contributed by atoms with Crippen LogP contribution in [0.25, 0.3) is 0 Å². The zero-order valence-electron chi connectivity index (χ0n) is 14.4. The Kier molecular flexibility index (Phi) is 5.53. The van der Waals surface area contributed by atoms with E-state index in [1.807, 2.05) is 30.3 Å². The van der Waals surface area contributed by atoms with E-state index in [0.29, 0.717) is 17.9 Å². The third-order valence-corrected chi connectivity index (χ3v) is 3.91. The summed E-state index contributed by atoms with van der Waals surface area (Å²) in [5, 5.41) is 3.02. The lowest BCUT2D eigenvalue weighted by molar-refractivity contribution is 0.0779. The predicted octanol–water partition coefficient (Wildman–Crippen LogP) is 3.50. The van der Waals surface area contributed by atoms with Crippen LogP contribution in [0.3, 0.4) is 0 Å². The van der Waals surface area contributed by atoms with Crippen LogP contribution < -0.4 is 5.32 Å². The van der Waals surface area contributed by atoms with Crippen LogP contribution in [0.1, 0.15) is 21.6 Å². The molecule has 26 heavy (non-hydrogen) atoms. The molecule has 132 valence electrons. The summed E-state index contributed by atoms with van der Waals surface area (Å²) in [4.78, 5) is 22.3. The molecule has 6 heteroatoms. The molecule has 1 N–H and O–H groups in total. The molecule has 1 amide bonds. The van der Waals surface area contributed by atoms with Gasteiger partial charge in [-0.15, -0.1) is 0 Å². The van der Waals surface area contributed by atoms with Crippen molar-refractivity contribution in [1.29, 1.82) is 0 Å². The summed E-state index contributed by atoms with van der Waals surface area (Å²) < 4.78 is 13.7. The van der Waals surface area contributed by atoms with E-state index >= 15 is 0 Å². The molecule has 3 rings (SSSR count). The minimum Gasteiger partial charge on any atom is -0.366 e. The summed E-state index contributed by atoms with van der Waals surface area (Å²) in [6.07, 6.45) is 1.33. The van der Waals surface area contributed by atoms with E-state index < -0.39 is 0 Å². The monoisotopic (exact) mass is 350 g/mol. The maximum atomic E-state index is 13.7. The van der Waals surface area contributed by atoms with Crippen LogP contribution in [-0.4, -0.2) is 27.8 Å². The van der Waals surface area contributed by atoms with Gasteiger partial charge in [-0.3, -0.25) is 4.79 Å². The number of nitrogens with zero attached hydrogens (tertiary/aromatic N) is 3. The van der Waals surface area contributed by atoms with Crippen LogP contribution in [0.4, 0.5) is 10.2 Å². The largest absolute Gasteiger partial charge is 0.366 e. The number of halogens is 1. The van der Waals surface area contributed by atoms with Gasteiger partial charge < -0.3 is 10.2 Å². The first-order valence-electron chi connectivity index (χ1n) is 8.22. The van der Waals surface area contributed by atoms with E-state index in [1.54, 1.807) is 36.2 Å². The van der Waals surface area contributed by atoms with Crippen molar-refractivity contribution in [3.63, 3.8) is 0 Å². The van der Waals surface area contributed by atoms with Gasteiger partial charge in [0.05, 0.1) is 0 Å². The molecule has 0 radical (unpaired) electrons. The third-order valence-electron chi connectivity index (χ3n) is 3.91. The first-order valence-corrected chi connectivity index (χ1v) is 8.22. The average molecular weight is 350 g/mol. The Labute approximate surface area is 151 Å². The fraction of sp³-hybridized carbons (Fsp3) is 0.150. The van der Waals surface area contributed by atoms with E-state index in [1.165, 1.54) is 12.4 Å². The van der Waals surface area contributed by atoms with Gasteiger partial charge in [0, 0.05) is 31.8 Å². The van der Waals surface area contributed by atoms with Crippen LogP contribution in [0.2, 0.25) is 0 Å². The Hall–Kier alpha value is -3.28. The second-order valence-corrected chi connectivity index (χ2v) is 5.88. The molecule has 5 nitrogen and oxygen atoms in total. The zero-order chi connectivity index (χ0) is 18.4. The molecule has 0 bridgehead atoms. The normalized spacial score (nSPS) is 10.4. The highest BCUT2D eigenvalue weighted by atomic mass is 19.1.